The summed E-state index contributed by atoms with van der Waals surface area (Å²) in [6.07, 6.45) is 1.94. The number of benzene rings is 3. The monoisotopic (exact) mass is 582 g/mol. The number of nitrogens with one attached hydrogen (secondary N) is 2. The highest BCUT2D eigenvalue weighted by molar-refractivity contribution is 6.35. The summed E-state index contributed by atoms with van der Waals surface area (Å²) in [7, 11) is 1.68. The average Bonchev–Trinajstić information content (AvgIpc) is 3.49. The van der Waals surface area contributed by atoms with E-state index in [1.54, 1.807) is 31.4 Å². The number of hydrogen-bond donors (Lipinski definition) is 2. The average molecular weight is 584 g/mol. The van der Waals surface area contributed by atoms with Crippen LogP contribution in [-0.2, 0) is 4.74 Å². The molecule has 0 bridgehead atoms. The molecule has 2 fully saturated rings. The Morgan fingerprint density at radius 2 is 1.62 bits per heavy atom. The summed E-state index contributed by atoms with van der Waals surface area (Å²) in [6.45, 7) is 4.14. The third-order valence-electron chi connectivity index (χ3n) is 7.18. The molecule has 0 aromatic heterocycles. The van der Waals surface area contributed by atoms with E-state index in [4.69, 9.17) is 32.7 Å². The number of methoxy groups -OCH3 is 1. The molecule has 10 heteroatoms. The maximum atomic E-state index is 13.5. The van der Waals surface area contributed by atoms with Crippen molar-refractivity contribution in [3.63, 3.8) is 0 Å². The smallest absolute Gasteiger partial charge is 0.255 e. The number of carbonyl (C=O) groups is 2. The molecular formula is C30H32Cl2N4O4. The fourth-order valence-corrected chi connectivity index (χ4v) is 5.67. The summed E-state index contributed by atoms with van der Waals surface area (Å²) >= 11 is 12.2. The van der Waals surface area contributed by atoms with Gasteiger partial charge in [0.15, 0.2) is 0 Å². The summed E-state index contributed by atoms with van der Waals surface area (Å²) in [4.78, 5) is 30.9. The van der Waals surface area contributed by atoms with Crippen molar-refractivity contribution < 1.29 is 19.1 Å². The number of para-hydroxylation sites is 2. The highest BCUT2D eigenvalue weighted by Crippen LogP contribution is 2.31. The summed E-state index contributed by atoms with van der Waals surface area (Å²) in [5.74, 6) is 0.263. The largest absolute Gasteiger partial charge is 0.495 e. The Bertz CT molecular complexity index is 1350. The molecule has 0 radical (unpaired) electrons. The Kier molecular flexibility index (Phi) is 8.99. The van der Waals surface area contributed by atoms with E-state index in [-0.39, 0.29) is 17.9 Å². The van der Waals surface area contributed by atoms with E-state index in [1.807, 2.05) is 30.3 Å². The molecule has 2 N–H and O–H groups in total. The summed E-state index contributed by atoms with van der Waals surface area (Å²) in [5.41, 5.74) is 3.19. The third-order valence-corrected chi connectivity index (χ3v) is 7.62. The molecule has 2 aliphatic rings. The van der Waals surface area contributed by atoms with E-state index >= 15 is 0 Å². The molecular weight excluding hydrogens is 551 g/mol. The molecule has 8 nitrogen and oxygen atoms in total. The third kappa shape index (κ3) is 6.63. The number of nitrogens with zero attached hydrogens (tertiary/aromatic N) is 2. The van der Waals surface area contributed by atoms with Crippen LogP contribution in [0, 0.1) is 0 Å². The van der Waals surface area contributed by atoms with Crippen LogP contribution in [0.15, 0.2) is 60.7 Å². The van der Waals surface area contributed by atoms with Crippen LogP contribution in [-0.4, -0.2) is 64.4 Å². The Morgan fingerprint density at radius 3 is 2.30 bits per heavy atom. The van der Waals surface area contributed by atoms with Crippen molar-refractivity contribution in [2.75, 3.05) is 61.6 Å². The lowest BCUT2D eigenvalue weighted by Gasteiger charge is -2.38. The second-order valence-corrected chi connectivity index (χ2v) is 10.7. The molecule has 0 saturated carbocycles. The van der Waals surface area contributed by atoms with Crippen molar-refractivity contribution in [1.29, 1.82) is 0 Å². The summed E-state index contributed by atoms with van der Waals surface area (Å²) < 4.78 is 11.2. The maximum absolute atomic E-state index is 13.5. The normalized spacial score (nSPS) is 17.0. The van der Waals surface area contributed by atoms with Crippen molar-refractivity contribution in [1.82, 2.24) is 5.32 Å². The van der Waals surface area contributed by atoms with E-state index in [9.17, 15) is 9.59 Å². The minimum atomic E-state index is -0.367. The van der Waals surface area contributed by atoms with Crippen LogP contribution < -0.4 is 25.2 Å². The standard InChI is InChI=1S/C30H32Cl2N4O4/c1-39-28-7-3-2-6-27(28)36-12-10-35(11-13-36)26-9-8-23(34-29(37)20-15-21(31)17-22(32)16-20)18-25(26)30(38)33-19-24-5-4-14-40-24/h2-3,6-9,15-18,24H,4-5,10-14,19H2,1H3,(H,33,38)(H,34,37). The summed E-state index contributed by atoms with van der Waals surface area (Å²) in [5, 5.41) is 6.65. The van der Waals surface area contributed by atoms with E-state index in [2.05, 4.69) is 26.5 Å². The number of amides is 2. The van der Waals surface area contributed by atoms with Crippen LogP contribution in [0.25, 0.3) is 0 Å². The van der Waals surface area contributed by atoms with Gasteiger partial charge in [-0.05, 0) is 61.4 Å². The van der Waals surface area contributed by atoms with Crippen LogP contribution in [0.5, 0.6) is 5.75 Å². The Labute approximate surface area is 244 Å². The van der Waals surface area contributed by atoms with Crippen molar-refractivity contribution in [3.8, 4) is 5.75 Å². The topological polar surface area (TPSA) is 83.1 Å². The first-order chi connectivity index (χ1) is 19.4. The van der Waals surface area contributed by atoms with Gasteiger partial charge in [-0.15, -0.1) is 0 Å². The number of rotatable bonds is 8. The minimum absolute atomic E-state index is 0.0206. The second kappa shape index (κ2) is 12.8. The van der Waals surface area contributed by atoms with Gasteiger partial charge in [-0.3, -0.25) is 9.59 Å². The first-order valence-electron chi connectivity index (χ1n) is 13.4. The lowest BCUT2D eigenvalue weighted by Crippen LogP contribution is -2.47. The van der Waals surface area contributed by atoms with Gasteiger partial charge in [0.25, 0.3) is 11.8 Å². The van der Waals surface area contributed by atoms with Crippen LogP contribution in [0.1, 0.15) is 33.6 Å². The van der Waals surface area contributed by atoms with E-state index < -0.39 is 0 Å². The second-order valence-electron chi connectivity index (χ2n) is 9.84. The highest BCUT2D eigenvalue weighted by Gasteiger charge is 2.25. The van der Waals surface area contributed by atoms with Gasteiger partial charge in [0.2, 0.25) is 0 Å². The zero-order valence-corrected chi connectivity index (χ0v) is 23.8. The Morgan fingerprint density at radius 1 is 0.925 bits per heavy atom. The van der Waals surface area contributed by atoms with Gasteiger partial charge in [0, 0.05) is 66.3 Å². The van der Waals surface area contributed by atoms with Gasteiger partial charge >= 0.3 is 0 Å². The number of anilines is 3. The van der Waals surface area contributed by atoms with Gasteiger partial charge in [-0.2, -0.15) is 0 Å². The van der Waals surface area contributed by atoms with Gasteiger partial charge in [0.1, 0.15) is 5.75 Å². The number of piperazine rings is 1. The molecule has 3 aromatic rings. The molecule has 1 atom stereocenters. The predicted octanol–water partition coefficient (Wildman–Crippen LogP) is 5.49. The minimum Gasteiger partial charge on any atom is -0.495 e. The van der Waals surface area contributed by atoms with Crippen LogP contribution >= 0.6 is 23.2 Å². The van der Waals surface area contributed by atoms with Crippen molar-refractivity contribution in [2.45, 2.75) is 18.9 Å². The number of ether oxygens (including phenoxy) is 2. The first-order valence-corrected chi connectivity index (χ1v) is 14.1. The highest BCUT2D eigenvalue weighted by atomic mass is 35.5. The SMILES string of the molecule is COc1ccccc1N1CCN(c2ccc(NC(=O)c3cc(Cl)cc(Cl)c3)cc2C(=O)NCC2CCCO2)CC1. The van der Waals surface area contributed by atoms with Crippen molar-refractivity contribution in [2.24, 2.45) is 0 Å². The number of hydrogen-bond acceptors (Lipinski definition) is 6. The summed E-state index contributed by atoms with van der Waals surface area (Å²) in [6, 6.07) is 18.1. The molecule has 40 heavy (non-hydrogen) atoms. The van der Waals surface area contributed by atoms with Gasteiger partial charge in [0.05, 0.1) is 24.5 Å². The Balaban J connectivity index is 1.35. The van der Waals surface area contributed by atoms with Crippen LogP contribution in [0.4, 0.5) is 17.1 Å². The zero-order chi connectivity index (χ0) is 28.1. The van der Waals surface area contributed by atoms with Gasteiger partial charge in [-0.1, -0.05) is 35.3 Å². The molecule has 2 amide bonds. The fraction of sp³-hybridized carbons (Fsp3) is 0.333. The van der Waals surface area contributed by atoms with Gasteiger partial charge < -0.3 is 29.9 Å². The molecule has 2 saturated heterocycles. The van der Waals surface area contributed by atoms with Gasteiger partial charge in [-0.25, -0.2) is 0 Å². The van der Waals surface area contributed by atoms with E-state index in [1.165, 1.54) is 0 Å². The number of carbonyl (C=O) groups excluding carboxylic acids is 2. The molecule has 2 aliphatic heterocycles. The molecule has 0 aliphatic carbocycles. The lowest BCUT2D eigenvalue weighted by atomic mass is 10.1. The van der Waals surface area contributed by atoms with Crippen LogP contribution in [0.3, 0.4) is 0 Å². The lowest BCUT2D eigenvalue weighted by molar-refractivity contribution is 0.0858. The molecule has 1 unspecified atom stereocenters. The predicted molar refractivity (Wildman–Crippen MR) is 160 cm³/mol. The van der Waals surface area contributed by atoms with Crippen molar-refractivity contribution in [3.05, 3.63) is 81.8 Å². The molecule has 2 heterocycles. The maximum Gasteiger partial charge on any atom is 0.255 e. The quantitative estimate of drug-likeness (QED) is 0.365. The number of halogens is 2. The molecule has 3 aromatic carbocycles. The Hall–Kier alpha value is -3.46. The molecule has 5 rings (SSSR count). The first kappa shape index (κ1) is 28.1. The molecule has 0 spiro atoms. The van der Waals surface area contributed by atoms with Crippen LogP contribution in [0.2, 0.25) is 10.0 Å². The zero-order valence-electron chi connectivity index (χ0n) is 22.3. The van der Waals surface area contributed by atoms with E-state index in [0.29, 0.717) is 33.4 Å². The fourth-order valence-electron chi connectivity index (χ4n) is 5.15. The van der Waals surface area contributed by atoms with Crippen molar-refractivity contribution >= 4 is 52.1 Å². The molecule has 210 valence electrons. The van der Waals surface area contributed by atoms with E-state index in [0.717, 1.165) is 62.8 Å².